The van der Waals surface area contributed by atoms with Crippen LogP contribution < -0.4 is 16.0 Å². The Morgan fingerprint density at radius 1 is 0.871 bits per heavy atom. The molecule has 0 saturated heterocycles. The summed E-state index contributed by atoms with van der Waals surface area (Å²) in [4.78, 5) is 45.0. The van der Waals surface area contributed by atoms with Crippen LogP contribution >= 0.6 is 0 Å². The Morgan fingerprint density at radius 2 is 1.45 bits per heavy atom. The van der Waals surface area contributed by atoms with Gasteiger partial charge in [0.15, 0.2) is 0 Å². The lowest BCUT2D eigenvalue weighted by Crippen LogP contribution is -2.35. The predicted octanol–water partition coefficient (Wildman–Crippen LogP) is 0.0718. The quantitative estimate of drug-likeness (QED) is 0.147. The molecule has 0 rings (SSSR count). The van der Waals surface area contributed by atoms with Gasteiger partial charge in [0.25, 0.3) is 0 Å². The van der Waals surface area contributed by atoms with E-state index in [4.69, 9.17) is 10.2 Å². The number of carbonyl (C=O) groups is 4. The number of hydrogen-bond donors (Lipinski definition) is 5. The summed E-state index contributed by atoms with van der Waals surface area (Å²) < 4.78 is 0. The van der Waals surface area contributed by atoms with Crippen molar-refractivity contribution in [2.45, 2.75) is 32.6 Å². The smallest absolute Gasteiger partial charge is 0.248 e. The first-order valence-electron chi connectivity index (χ1n) is 9.78. The minimum absolute atomic E-state index is 0.0930. The van der Waals surface area contributed by atoms with Gasteiger partial charge in [-0.15, -0.1) is 0 Å². The molecule has 0 fully saturated rings. The summed E-state index contributed by atoms with van der Waals surface area (Å²) >= 11 is 0. The molecule has 0 aliphatic rings. The third-order valence-corrected chi connectivity index (χ3v) is 3.47. The average molecular weight is 439 g/mol. The van der Waals surface area contributed by atoms with E-state index >= 15 is 0 Å². The van der Waals surface area contributed by atoms with Gasteiger partial charge >= 0.3 is 0 Å². The third-order valence-electron chi connectivity index (χ3n) is 3.47. The van der Waals surface area contributed by atoms with Crippen LogP contribution in [0.4, 0.5) is 0 Å². The summed E-state index contributed by atoms with van der Waals surface area (Å²) in [6.07, 6.45) is 11.5. The zero-order chi connectivity index (χ0) is 23.9. The standard InChI is InChI=1S/C14H24N2O4.C7H10N2O2/c1-2-3-7-10-16(12-18)14(20)9-6-4-5-8-13(19)15-11-17;1-3-6(10)8-5-9-7(11)4-2/h5-6,8-9,17-18H,2-4,7,10-12H2,1H3,(H,15,19);3-4H,1-2,5H2,(H,8,10)(H,9,11). The van der Waals surface area contributed by atoms with Crippen molar-refractivity contribution in [3.05, 3.63) is 49.6 Å². The monoisotopic (exact) mass is 438 g/mol. The van der Waals surface area contributed by atoms with E-state index < -0.39 is 6.73 Å². The fourth-order valence-corrected chi connectivity index (χ4v) is 1.83. The Kier molecular flexibility index (Phi) is 20.7. The molecule has 0 saturated carbocycles. The number of unbranched alkanes of at least 4 members (excludes halogenated alkanes) is 2. The molecule has 5 N–H and O–H groups in total. The lowest BCUT2D eigenvalue weighted by atomic mass is 10.2. The average Bonchev–Trinajstić information content (AvgIpc) is 2.76. The molecule has 31 heavy (non-hydrogen) atoms. The number of aliphatic hydroxyl groups excluding tert-OH is 2. The summed E-state index contributed by atoms with van der Waals surface area (Å²) in [6, 6.07) is 0. The highest BCUT2D eigenvalue weighted by atomic mass is 16.3. The first kappa shape index (κ1) is 30.0. The Labute approximate surface area is 183 Å². The molecular weight excluding hydrogens is 404 g/mol. The van der Waals surface area contributed by atoms with Crippen LogP contribution in [0.15, 0.2) is 49.6 Å². The molecule has 0 radical (unpaired) electrons. The van der Waals surface area contributed by atoms with Gasteiger partial charge in [0.2, 0.25) is 23.6 Å². The number of allylic oxidation sites excluding steroid dienone is 2. The number of aliphatic hydroxyl groups is 2. The maximum absolute atomic E-state index is 11.7. The molecule has 0 atom stereocenters. The molecule has 0 aliphatic heterocycles. The van der Waals surface area contributed by atoms with Gasteiger partial charge in [-0.25, -0.2) is 0 Å². The van der Waals surface area contributed by atoms with E-state index in [0.29, 0.717) is 13.0 Å². The molecule has 174 valence electrons. The molecule has 0 aliphatic carbocycles. The fraction of sp³-hybridized carbons (Fsp3) is 0.429. The molecule has 0 aromatic rings. The van der Waals surface area contributed by atoms with Crippen molar-refractivity contribution >= 4 is 23.6 Å². The van der Waals surface area contributed by atoms with Crippen LogP contribution in [0.5, 0.6) is 0 Å². The molecule has 0 bridgehead atoms. The highest BCUT2D eigenvalue weighted by molar-refractivity contribution is 5.89. The highest BCUT2D eigenvalue weighted by Gasteiger charge is 2.07. The van der Waals surface area contributed by atoms with Gasteiger partial charge in [0.1, 0.15) is 13.5 Å². The van der Waals surface area contributed by atoms with Crippen molar-refractivity contribution in [2.75, 3.05) is 26.7 Å². The highest BCUT2D eigenvalue weighted by Crippen LogP contribution is 1.99. The SMILES string of the molecule is C=CC(=O)NCNC(=O)C=C.CCCCCN(CO)C(=O)C=CCC=CC(=O)NCO. The van der Waals surface area contributed by atoms with Gasteiger partial charge in [-0.05, 0) is 37.1 Å². The van der Waals surface area contributed by atoms with Crippen LogP contribution in [-0.4, -0.2) is 65.4 Å². The minimum atomic E-state index is -0.402. The maximum Gasteiger partial charge on any atom is 0.248 e. The predicted molar refractivity (Wildman–Crippen MR) is 118 cm³/mol. The van der Waals surface area contributed by atoms with Gasteiger partial charge in [0.05, 0.1) is 6.67 Å². The molecule has 10 heteroatoms. The Hall–Kier alpha value is -3.24. The Balaban J connectivity index is 0. The van der Waals surface area contributed by atoms with Gasteiger partial charge in [0, 0.05) is 6.54 Å². The second-order valence-electron chi connectivity index (χ2n) is 5.86. The number of nitrogens with zero attached hydrogens (tertiary/aromatic N) is 1. The van der Waals surface area contributed by atoms with Crippen molar-refractivity contribution in [1.29, 1.82) is 0 Å². The first-order chi connectivity index (χ1) is 14.9. The van der Waals surface area contributed by atoms with Gasteiger partial charge < -0.3 is 31.1 Å². The Bertz CT molecular complexity index is 611. The number of rotatable bonds is 14. The molecule has 0 spiro atoms. The van der Waals surface area contributed by atoms with Crippen molar-refractivity contribution in [1.82, 2.24) is 20.9 Å². The van der Waals surface area contributed by atoms with E-state index in [1.54, 1.807) is 12.2 Å². The van der Waals surface area contributed by atoms with E-state index in [2.05, 4.69) is 36.0 Å². The molecular formula is C21H34N4O6. The number of nitrogens with one attached hydrogen (secondary N) is 3. The van der Waals surface area contributed by atoms with Gasteiger partial charge in [-0.2, -0.15) is 0 Å². The van der Waals surface area contributed by atoms with Crippen LogP contribution in [0.2, 0.25) is 0 Å². The normalized spacial score (nSPS) is 10.0. The van der Waals surface area contributed by atoms with Crippen LogP contribution in [0.1, 0.15) is 32.6 Å². The molecule has 0 unspecified atom stereocenters. The summed E-state index contributed by atoms with van der Waals surface area (Å²) in [5.41, 5.74) is 0. The van der Waals surface area contributed by atoms with Crippen LogP contribution in [-0.2, 0) is 19.2 Å². The second kappa shape index (κ2) is 21.5. The van der Waals surface area contributed by atoms with Crippen LogP contribution in [0.3, 0.4) is 0 Å². The number of hydrogen-bond acceptors (Lipinski definition) is 6. The van der Waals surface area contributed by atoms with E-state index in [1.165, 1.54) is 17.1 Å². The summed E-state index contributed by atoms with van der Waals surface area (Å²) in [5, 5.41) is 24.5. The molecule has 0 aromatic heterocycles. The lowest BCUT2D eigenvalue weighted by Gasteiger charge is -2.17. The second-order valence-corrected chi connectivity index (χ2v) is 5.86. The zero-order valence-electron chi connectivity index (χ0n) is 18.0. The Morgan fingerprint density at radius 3 is 1.94 bits per heavy atom. The first-order valence-corrected chi connectivity index (χ1v) is 9.78. The fourth-order valence-electron chi connectivity index (χ4n) is 1.83. The molecule has 10 nitrogen and oxygen atoms in total. The largest absolute Gasteiger partial charge is 0.376 e. The summed E-state index contributed by atoms with van der Waals surface area (Å²) in [5.74, 6) is -1.27. The van der Waals surface area contributed by atoms with Crippen molar-refractivity contribution in [3.8, 4) is 0 Å². The topological polar surface area (TPSA) is 148 Å². The van der Waals surface area contributed by atoms with Crippen molar-refractivity contribution in [3.63, 3.8) is 0 Å². The van der Waals surface area contributed by atoms with Crippen LogP contribution in [0.25, 0.3) is 0 Å². The molecule has 0 aromatic carbocycles. The van der Waals surface area contributed by atoms with E-state index in [0.717, 1.165) is 31.4 Å². The zero-order valence-corrected chi connectivity index (χ0v) is 18.0. The van der Waals surface area contributed by atoms with Crippen LogP contribution in [0, 0.1) is 0 Å². The van der Waals surface area contributed by atoms with Gasteiger partial charge in [-0.1, -0.05) is 45.1 Å². The summed E-state index contributed by atoms with van der Waals surface area (Å²) in [7, 11) is 0. The third kappa shape index (κ3) is 19.8. The van der Waals surface area contributed by atoms with E-state index in [1.807, 2.05) is 0 Å². The van der Waals surface area contributed by atoms with E-state index in [9.17, 15) is 19.2 Å². The number of amides is 4. The minimum Gasteiger partial charge on any atom is -0.376 e. The van der Waals surface area contributed by atoms with Gasteiger partial charge in [-0.3, -0.25) is 19.2 Å². The molecule has 4 amide bonds. The van der Waals surface area contributed by atoms with E-state index in [-0.39, 0.29) is 37.0 Å². The van der Waals surface area contributed by atoms with Crippen molar-refractivity contribution in [2.24, 2.45) is 0 Å². The lowest BCUT2D eigenvalue weighted by molar-refractivity contribution is -0.129. The maximum atomic E-state index is 11.7. The number of carbonyl (C=O) groups excluding carboxylic acids is 4. The molecule has 0 heterocycles. The summed E-state index contributed by atoms with van der Waals surface area (Å²) in [6.45, 7) is 8.49. The van der Waals surface area contributed by atoms with Crippen molar-refractivity contribution < 1.29 is 29.4 Å².